The van der Waals surface area contributed by atoms with Gasteiger partial charge in [0.05, 0.1) is 21.3 Å². The maximum atomic E-state index is 5.53. The highest BCUT2D eigenvalue weighted by molar-refractivity contribution is 5.54. The van der Waals surface area contributed by atoms with Gasteiger partial charge < -0.3 is 19.5 Å². The van der Waals surface area contributed by atoms with E-state index in [0.29, 0.717) is 17.7 Å². The maximum absolute atomic E-state index is 5.53. The summed E-state index contributed by atoms with van der Waals surface area (Å²) in [5.74, 6) is 2.73. The summed E-state index contributed by atoms with van der Waals surface area (Å²) < 4.78 is 16.5. The van der Waals surface area contributed by atoms with Crippen LogP contribution >= 0.6 is 0 Å². The van der Waals surface area contributed by atoms with Crippen molar-refractivity contribution >= 4 is 0 Å². The highest BCUT2D eigenvalue weighted by Crippen LogP contribution is 2.41. The highest BCUT2D eigenvalue weighted by Gasteiger charge is 2.25. The van der Waals surface area contributed by atoms with E-state index in [1.165, 1.54) is 5.56 Å². The number of nitrogens with one attached hydrogen (secondary N) is 1. The molecule has 1 aliphatic rings. The molecule has 0 amide bonds. The smallest absolute Gasteiger partial charge is 0.203 e. The van der Waals surface area contributed by atoms with Crippen LogP contribution in [0.5, 0.6) is 17.2 Å². The van der Waals surface area contributed by atoms with Crippen molar-refractivity contribution in [3.63, 3.8) is 0 Å². The predicted octanol–water partition coefficient (Wildman–Crippen LogP) is 2.70. The molecule has 1 saturated heterocycles. The van der Waals surface area contributed by atoms with E-state index in [1.54, 1.807) is 21.3 Å². The van der Waals surface area contributed by atoms with Crippen LogP contribution in [0.1, 0.15) is 31.9 Å². The molecule has 1 fully saturated rings. The monoisotopic (exact) mass is 322 g/mol. The maximum Gasteiger partial charge on any atom is 0.203 e. The molecule has 130 valence electrons. The normalized spacial score (nSPS) is 17.1. The topological polar surface area (TPSA) is 43.0 Å². The molecule has 1 aromatic carbocycles. The summed E-state index contributed by atoms with van der Waals surface area (Å²) in [6, 6.07) is 4.55. The molecule has 1 aliphatic heterocycles. The van der Waals surface area contributed by atoms with E-state index in [4.69, 9.17) is 14.2 Å². The van der Waals surface area contributed by atoms with E-state index in [9.17, 15) is 0 Å². The number of hydrogen-bond acceptors (Lipinski definition) is 5. The zero-order valence-corrected chi connectivity index (χ0v) is 15.0. The molecule has 2 rings (SSSR count). The third-order valence-corrected chi connectivity index (χ3v) is 4.36. The molecular weight excluding hydrogens is 292 g/mol. The Balaban J connectivity index is 2.40. The molecule has 1 heterocycles. The number of hydrogen-bond donors (Lipinski definition) is 1. The number of methoxy groups -OCH3 is 3. The number of benzene rings is 1. The van der Waals surface area contributed by atoms with Crippen molar-refractivity contribution in [1.82, 2.24) is 10.2 Å². The summed E-state index contributed by atoms with van der Waals surface area (Å²) in [5.41, 5.74) is 1.23. The molecule has 1 atom stereocenters. The lowest BCUT2D eigenvalue weighted by Crippen LogP contribution is -2.45. The van der Waals surface area contributed by atoms with E-state index in [2.05, 4.69) is 36.2 Å². The molecule has 0 aromatic heterocycles. The van der Waals surface area contributed by atoms with Gasteiger partial charge in [-0.3, -0.25) is 4.90 Å². The average molecular weight is 322 g/mol. The van der Waals surface area contributed by atoms with Crippen molar-refractivity contribution < 1.29 is 14.2 Å². The molecule has 0 saturated carbocycles. The van der Waals surface area contributed by atoms with Crippen molar-refractivity contribution in [2.24, 2.45) is 5.92 Å². The summed E-state index contributed by atoms with van der Waals surface area (Å²) in [7, 11) is 4.98. The number of rotatable bonds is 7. The first-order valence-electron chi connectivity index (χ1n) is 8.35. The summed E-state index contributed by atoms with van der Waals surface area (Å²) >= 11 is 0. The van der Waals surface area contributed by atoms with Gasteiger partial charge in [0, 0.05) is 32.2 Å². The second-order valence-corrected chi connectivity index (χ2v) is 6.39. The minimum Gasteiger partial charge on any atom is -0.493 e. The number of nitrogens with zero attached hydrogens (tertiary/aromatic N) is 1. The fourth-order valence-electron chi connectivity index (χ4n) is 3.23. The highest BCUT2D eigenvalue weighted by atomic mass is 16.5. The Kier molecular flexibility index (Phi) is 6.54. The molecule has 5 nitrogen and oxygen atoms in total. The molecular formula is C18H30N2O3. The standard InChI is InChI=1S/C18H30N2O3/c1-13(2)10-15(20-8-6-19-7-9-20)14-11-16(21-3)18(23-5)17(12-14)22-4/h11-13,15,19H,6-10H2,1-5H3/t15-/m1/s1. The summed E-state index contributed by atoms with van der Waals surface area (Å²) in [6.07, 6.45) is 1.11. The van der Waals surface area contributed by atoms with Crippen LogP contribution in [0.3, 0.4) is 0 Å². The van der Waals surface area contributed by atoms with Gasteiger partial charge in [-0.25, -0.2) is 0 Å². The summed E-state index contributed by atoms with van der Waals surface area (Å²) in [4.78, 5) is 2.55. The Morgan fingerprint density at radius 1 is 1.00 bits per heavy atom. The minimum atomic E-state index is 0.366. The van der Waals surface area contributed by atoms with Gasteiger partial charge in [-0.15, -0.1) is 0 Å². The average Bonchev–Trinajstić information content (AvgIpc) is 2.58. The van der Waals surface area contributed by atoms with E-state index in [0.717, 1.165) is 44.1 Å². The SMILES string of the molecule is COc1cc([C@@H](CC(C)C)N2CCNCC2)cc(OC)c1OC. The van der Waals surface area contributed by atoms with Crippen molar-refractivity contribution in [2.45, 2.75) is 26.3 Å². The van der Waals surface area contributed by atoms with Crippen molar-refractivity contribution in [2.75, 3.05) is 47.5 Å². The van der Waals surface area contributed by atoms with Gasteiger partial charge in [0.25, 0.3) is 0 Å². The second-order valence-electron chi connectivity index (χ2n) is 6.39. The predicted molar refractivity (Wildman–Crippen MR) is 92.7 cm³/mol. The summed E-state index contributed by atoms with van der Waals surface area (Å²) in [5, 5.41) is 3.43. The van der Waals surface area contributed by atoms with Crippen LogP contribution in [0.2, 0.25) is 0 Å². The fraction of sp³-hybridized carbons (Fsp3) is 0.667. The first-order valence-corrected chi connectivity index (χ1v) is 8.35. The minimum absolute atomic E-state index is 0.366. The van der Waals surface area contributed by atoms with Crippen LogP contribution in [0.15, 0.2) is 12.1 Å². The first kappa shape index (κ1) is 17.9. The molecule has 0 spiro atoms. The third-order valence-electron chi connectivity index (χ3n) is 4.36. The fourth-order valence-corrected chi connectivity index (χ4v) is 3.23. The Bertz CT molecular complexity index is 474. The second kappa shape index (κ2) is 8.41. The quantitative estimate of drug-likeness (QED) is 0.836. The lowest BCUT2D eigenvalue weighted by atomic mass is 9.94. The third kappa shape index (κ3) is 4.30. The first-order chi connectivity index (χ1) is 11.1. The lowest BCUT2D eigenvalue weighted by Gasteiger charge is -2.36. The Morgan fingerprint density at radius 2 is 1.57 bits per heavy atom. The van der Waals surface area contributed by atoms with Crippen LogP contribution in [0.25, 0.3) is 0 Å². The Morgan fingerprint density at radius 3 is 2.00 bits per heavy atom. The molecule has 0 radical (unpaired) electrons. The molecule has 0 bridgehead atoms. The Labute approximate surface area is 139 Å². The molecule has 0 aliphatic carbocycles. The van der Waals surface area contributed by atoms with Gasteiger partial charge in [0.2, 0.25) is 5.75 Å². The van der Waals surface area contributed by atoms with Gasteiger partial charge in [-0.1, -0.05) is 13.8 Å². The molecule has 23 heavy (non-hydrogen) atoms. The molecule has 5 heteroatoms. The van der Waals surface area contributed by atoms with E-state index in [1.807, 2.05) is 0 Å². The van der Waals surface area contributed by atoms with Crippen LogP contribution < -0.4 is 19.5 Å². The van der Waals surface area contributed by atoms with E-state index in [-0.39, 0.29) is 0 Å². The van der Waals surface area contributed by atoms with Gasteiger partial charge >= 0.3 is 0 Å². The zero-order valence-electron chi connectivity index (χ0n) is 15.0. The summed E-state index contributed by atoms with van der Waals surface area (Å²) in [6.45, 7) is 8.75. The van der Waals surface area contributed by atoms with Crippen LogP contribution in [-0.4, -0.2) is 52.4 Å². The van der Waals surface area contributed by atoms with Crippen molar-refractivity contribution in [3.05, 3.63) is 17.7 Å². The molecule has 1 N–H and O–H groups in total. The molecule has 0 unspecified atom stereocenters. The van der Waals surface area contributed by atoms with Crippen LogP contribution in [0, 0.1) is 5.92 Å². The van der Waals surface area contributed by atoms with Crippen LogP contribution in [0.4, 0.5) is 0 Å². The van der Waals surface area contributed by atoms with Crippen LogP contribution in [-0.2, 0) is 0 Å². The Hall–Kier alpha value is -1.46. The van der Waals surface area contributed by atoms with E-state index >= 15 is 0 Å². The largest absolute Gasteiger partial charge is 0.493 e. The number of piperazine rings is 1. The lowest BCUT2D eigenvalue weighted by molar-refractivity contribution is 0.153. The van der Waals surface area contributed by atoms with Gasteiger partial charge in [0.1, 0.15) is 0 Å². The zero-order chi connectivity index (χ0) is 16.8. The van der Waals surface area contributed by atoms with Gasteiger partial charge in [0.15, 0.2) is 11.5 Å². The van der Waals surface area contributed by atoms with Gasteiger partial charge in [-0.05, 0) is 30.0 Å². The molecule has 1 aromatic rings. The van der Waals surface area contributed by atoms with Crippen molar-refractivity contribution in [1.29, 1.82) is 0 Å². The van der Waals surface area contributed by atoms with Crippen molar-refractivity contribution in [3.8, 4) is 17.2 Å². The number of ether oxygens (including phenoxy) is 3. The van der Waals surface area contributed by atoms with Gasteiger partial charge in [-0.2, -0.15) is 0 Å². The van der Waals surface area contributed by atoms with E-state index < -0.39 is 0 Å².